The Morgan fingerprint density at radius 1 is 1.15 bits per heavy atom. The van der Waals surface area contributed by atoms with Crippen LogP contribution in [-0.4, -0.2) is 0 Å². The van der Waals surface area contributed by atoms with Gasteiger partial charge in [-0.1, -0.05) is 11.6 Å². The molecule has 0 saturated carbocycles. The molecule has 0 aliphatic rings. The van der Waals surface area contributed by atoms with Crippen molar-refractivity contribution in [3.8, 4) is 12.1 Å². The minimum Gasteiger partial charge on any atom is -0.198 e. The molecule has 0 rings (SSSR count). The molecule has 70 valence electrons. The summed E-state index contributed by atoms with van der Waals surface area (Å²) in [6.45, 7) is 2.09. The van der Waals surface area contributed by atoms with Crippen molar-refractivity contribution in [2.45, 2.75) is 45.4 Å². The lowest BCUT2D eigenvalue weighted by molar-refractivity contribution is 0.744. The van der Waals surface area contributed by atoms with Gasteiger partial charge < -0.3 is 0 Å². The fourth-order valence-electron chi connectivity index (χ4n) is 1.09. The smallest absolute Gasteiger partial charge is 0.0625 e. The van der Waals surface area contributed by atoms with E-state index in [2.05, 4.69) is 25.1 Å². The number of nitrogens with zero attached hydrogens (tertiary/aromatic N) is 2. The second-order valence-electron chi connectivity index (χ2n) is 3.11. The van der Waals surface area contributed by atoms with Crippen molar-refractivity contribution in [2.24, 2.45) is 0 Å². The first-order chi connectivity index (χ1) is 6.31. The van der Waals surface area contributed by atoms with Gasteiger partial charge in [-0.15, -0.1) is 0 Å². The van der Waals surface area contributed by atoms with Crippen molar-refractivity contribution in [1.82, 2.24) is 0 Å². The average Bonchev–Trinajstić information content (AvgIpc) is 2.13. The molecule has 0 atom stereocenters. The zero-order valence-electron chi connectivity index (χ0n) is 8.21. The highest BCUT2D eigenvalue weighted by Crippen LogP contribution is 2.09. The van der Waals surface area contributed by atoms with Crippen LogP contribution in [0.1, 0.15) is 45.4 Å². The summed E-state index contributed by atoms with van der Waals surface area (Å²) in [6.07, 6.45) is 7.38. The number of rotatable bonds is 6. The molecule has 2 nitrogen and oxygen atoms in total. The molecule has 0 aromatic carbocycles. The Hall–Kier alpha value is -1.28. The van der Waals surface area contributed by atoms with Crippen molar-refractivity contribution in [2.75, 3.05) is 0 Å². The summed E-state index contributed by atoms with van der Waals surface area (Å²) in [5.74, 6) is 0. The summed E-state index contributed by atoms with van der Waals surface area (Å²) < 4.78 is 0. The van der Waals surface area contributed by atoms with Gasteiger partial charge >= 0.3 is 0 Å². The van der Waals surface area contributed by atoms with Crippen molar-refractivity contribution >= 4 is 0 Å². The molecule has 2 heteroatoms. The Labute approximate surface area is 80.5 Å². The van der Waals surface area contributed by atoms with Gasteiger partial charge in [-0.25, -0.2) is 0 Å². The van der Waals surface area contributed by atoms with Crippen LogP contribution < -0.4 is 0 Å². The molecule has 0 radical (unpaired) electrons. The van der Waals surface area contributed by atoms with Crippen LogP contribution >= 0.6 is 0 Å². The topological polar surface area (TPSA) is 47.6 Å². The third-order valence-corrected chi connectivity index (χ3v) is 1.86. The predicted molar refractivity (Wildman–Crippen MR) is 52.7 cm³/mol. The molecule has 0 N–H and O–H groups in total. The van der Waals surface area contributed by atoms with Gasteiger partial charge in [0.25, 0.3) is 0 Å². The molecule has 0 heterocycles. The van der Waals surface area contributed by atoms with Gasteiger partial charge in [0.05, 0.1) is 12.1 Å². The average molecular weight is 176 g/mol. The van der Waals surface area contributed by atoms with E-state index in [1.54, 1.807) is 0 Å². The minimum absolute atomic E-state index is 0.607. The Bertz CT molecular complexity index is 227. The first kappa shape index (κ1) is 11.7. The summed E-state index contributed by atoms with van der Waals surface area (Å²) in [5.41, 5.74) is 1.34. The van der Waals surface area contributed by atoms with E-state index in [-0.39, 0.29) is 0 Å². The van der Waals surface area contributed by atoms with E-state index >= 15 is 0 Å². The summed E-state index contributed by atoms with van der Waals surface area (Å²) in [7, 11) is 0. The first-order valence-electron chi connectivity index (χ1n) is 4.70. The van der Waals surface area contributed by atoms with Gasteiger partial charge in [0, 0.05) is 12.8 Å². The number of nitriles is 2. The van der Waals surface area contributed by atoms with Gasteiger partial charge in [-0.2, -0.15) is 10.5 Å². The summed E-state index contributed by atoms with van der Waals surface area (Å²) in [6, 6.07) is 4.24. The van der Waals surface area contributed by atoms with Crippen LogP contribution in [0.5, 0.6) is 0 Å². The van der Waals surface area contributed by atoms with E-state index in [9.17, 15) is 0 Å². The molecule has 0 aliphatic carbocycles. The van der Waals surface area contributed by atoms with Crippen molar-refractivity contribution in [3.63, 3.8) is 0 Å². The zero-order valence-corrected chi connectivity index (χ0v) is 8.21. The fraction of sp³-hybridized carbons (Fsp3) is 0.636. The highest BCUT2D eigenvalue weighted by atomic mass is 14.2. The number of hydrogen-bond acceptors (Lipinski definition) is 2. The fourth-order valence-corrected chi connectivity index (χ4v) is 1.09. The number of hydrogen-bond donors (Lipinski definition) is 0. The van der Waals surface area contributed by atoms with E-state index in [4.69, 9.17) is 10.5 Å². The normalized spacial score (nSPS) is 10.5. The van der Waals surface area contributed by atoms with Crippen LogP contribution in [0, 0.1) is 22.7 Å². The molecule has 0 amide bonds. The van der Waals surface area contributed by atoms with Gasteiger partial charge in [0.15, 0.2) is 0 Å². The molecular formula is C11H16N2. The maximum absolute atomic E-state index is 8.31. The molecule has 13 heavy (non-hydrogen) atoms. The highest BCUT2D eigenvalue weighted by Gasteiger charge is 1.90. The van der Waals surface area contributed by atoms with Crippen LogP contribution in [0.3, 0.4) is 0 Å². The maximum Gasteiger partial charge on any atom is 0.0625 e. The SMILES string of the molecule is CC(=CCCC#N)CCCCC#N. The lowest BCUT2D eigenvalue weighted by Crippen LogP contribution is -1.79. The van der Waals surface area contributed by atoms with E-state index in [0.717, 1.165) is 25.7 Å². The van der Waals surface area contributed by atoms with Crippen molar-refractivity contribution in [3.05, 3.63) is 11.6 Å². The molecule has 0 aliphatic heterocycles. The zero-order chi connectivity index (χ0) is 9.94. The van der Waals surface area contributed by atoms with E-state index in [0.29, 0.717) is 12.8 Å². The van der Waals surface area contributed by atoms with E-state index in [1.165, 1.54) is 5.57 Å². The molecule has 0 bridgehead atoms. The van der Waals surface area contributed by atoms with E-state index < -0.39 is 0 Å². The Kier molecular flexibility index (Phi) is 7.95. The summed E-state index contributed by atoms with van der Waals surface area (Å²) >= 11 is 0. The quantitative estimate of drug-likeness (QED) is 0.460. The third kappa shape index (κ3) is 8.63. The van der Waals surface area contributed by atoms with Crippen molar-refractivity contribution < 1.29 is 0 Å². The van der Waals surface area contributed by atoms with Gasteiger partial charge in [-0.05, 0) is 32.6 Å². The highest BCUT2D eigenvalue weighted by molar-refractivity contribution is 4.98. The van der Waals surface area contributed by atoms with Gasteiger partial charge in [-0.3, -0.25) is 0 Å². The molecule has 0 unspecified atom stereocenters. The Morgan fingerprint density at radius 2 is 1.85 bits per heavy atom. The second-order valence-corrected chi connectivity index (χ2v) is 3.11. The molecule has 0 spiro atoms. The minimum atomic E-state index is 0.607. The standard InChI is InChI=1S/C11H16N2/c1-11(8-4-6-10-13)7-3-2-5-9-12/h8H,2-7H2,1H3. The number of unbranched alkanes of at least 4 members (excludes halogenated alkanes) is 3. The third-order valence-electron chi connectivity index (χ3n) is 1.86. The number of allylic oxidation sites excluding steroid dienone is 2. The van der Waals surface area contributed by atoms with Gasteiger partial charge in [0.1, 0.15) is 0 Å². The van der Waals surface area contributed by atoms with E-state index in [1.807, 2.05) is 0 Å². The van der Waals surface area contributed by atoms with Crippen LogP contribution in [0.2, 0.25) is 0 Å². The Morgan fingerprint density at radius 3 is 2.46 bits per heavy atom. The first-order valence-corrected chi connectivity index (χ1v) is 4.70. The largest absolute Gasteiger partial charge is 0.198 e. The maximum atomic E-state index is 8.31. The van der Waals surface area contributed by atoms with Crippen LogP contribution in [-0.2, 0) is 0 Å². The summed E-state index contributed by atoms with van der Waals surface area (Å²) in [5, 5.41) is 16.6. The van der Waals surface area contributed by atoms with Crippen molar-refractivity contribution in [1.29, 1.82) is 10.5 Å². The predicted octanol–water partition coefficient (Wildman–Crippen LogP) is 3.32. The van der Waals surface area contributed by atoms with Crippen LogP contribution in [0.4, 0.5) is 0 Å². The monoisotopic (exact) mass is 176 g/mol. The lowest BCUT2D eigenvalue weighted by atomic mass is 10.1. The van der Waals surface area contributed by atoms with Crippen LogP contribution in [0.25, 0.3) is 0 Å². The molecule has 0 aromatic rings. The molecule has 0 saturated heterocycles. The summed E-state index contributed by atoms with van der Waals surface area (Å²) in [4.78, 5) is 0. The van der Waals surface area contributed by atoms with Crippen LogP contribution in [0.15, 0.2) is 11.6 Å². The molecular weight excluding hydrogens is 160 g/mol. The lowest BCUT2D eigenvalue weighted by Gasteiger charge is -1.98. The second kappa shape index (κ2) is 8.81. The Balaban J connectivity index is 3.40. The molecule has 0 fully saturated rings. The van der Waals surface area contributed by atoms with Gasteiger partial charge in [0.2, 0.25) is 0 Å². The molecule has 0 aromatic heterocycles.